The summed E-state index contributed by atoms with van der Waals surface area (Å²) in [7, 11) is -0.786. The van der Waals surface area contributed by atoms with E-state index in [4.69, 9.17) is 28.3 Å². The van der Waals surface area contributed by atoms with E-state index in [1.165, 1.54) is 48.9 Å². The quantitative estimate of drug-likeness (QED) is 0.00809. The number of H-pyrrole nitrogens is 1. The van der Waals surface area contributed by atoms with E-state index in [1.54, 1.807) is 77.9 Å². The number of carboxylic acid groups (broad SMARTS) is 1. The first-order chi connectivity index (χ1) is 58.5. The SMILES string of the molecule is CC(C)C[C@H](NC(=O)c1ccc(N=Nc2ccc(N(C)C)cc2)cc1)C(=O)N[C@@H](CC(N)=O)C(=O)N[C@@H](CCCCN)C(=O)N[C@@H](CCCNC(=N)N)C(=O)N[C@@H](CC(C)C)C(=O)N[C@@H](CC(C)C)C(=O)N[C@@H](Cc1c[nH]cn1)C(=O)N[C@@H](CCC(=O)O)C(=O)N[C@H](C(=O)N[C@@H](CCC(N)=O)C(=O)NCCNc1cccc2c(S(=O)(=O)O)cccc12)[C@@H](C)O. The zero-order chi connectivity index (χ0) is 92.1. The van der Waals surface area contributed by atoms with Crippen LogP contribution < -0.4 is 97.0 Å². The first kappa shape index (κ1) is 102. The van der Waals surface area contributed by atoms with Gasteiger partial charge in [-0.2, -0.15) is 18.6 Å². The van der Waals surface area contributed by atoms with Gasteiger partial charge in [0, 0.05) is 86.9 Å². The van der Waals surface area contributed by atoms with E-state index in [0.717, 1.165) is 12.6 Å². The predicted octanol–water partition coefficient (Wildman–Crippen LogP) is 0.141. The second kappa shape index (κ2) is 50.6. The minimum Gasteiger partial charge on any atom is -0.481 e. The summed E-state index contributed by atoms with van der Waals surface area (Å²) < 4.78 is 33.9. The van der Waals surface area contributed by atoms with Gasteiger partial charge in [0.1, 0.15) is 65.3 Å². The number of guanidine groups is 1. The number of aliphatic hydroxyl groups excluding tert-OH is 1. The van der Waals surface area contributed by atoms with E-state index < -0.39 is 197 Å². The van der Waals surface area contributed by atoms with Crippen LogP contribution in [0.1, 0.15) is 148 Å². The van der Waals surface area contributed by atoms with Gasteiger partial charge in [0.15, 0.2) is 5.96 Å². The Hall–Kier alpha value is -12.8. The normalized spacial score (nSPS) is 14.1. The zero-order valence-electron chi connectivity index (χ0n) is 70.9. The Labute approximate surface area is 718 Å². The number of fused-ring (bicyclic) bond motifs is 1. The van der Waals surface area contributed by atoms with Gasteiger partial charge in [-0.3, -0.25) is 77.1 Å². The van der Waals surface area contributed by atoms with Crippen LogP contribution in [0.2, 0.25) is 0 Å². The topological polar surface area (TPSA) is 675 Å². The maximum absolute atomic E-state index is 14.8. The number of rotatable bonds is 54. The number of carboxylic acids is 1. The number of aliphatic carboxylic acids is 1. The van der Waals surface area contributed by atoms with Crippen molar-refractivity contribution in [2.75, 3.05) is 50.5 Å². The summed E-state index contributed by atoms with van der Waals surface area (Å²) in [5, 5.41) is 71.5. The third kappa shape index (κ3) is 35.4. The maximum Gasteiger partial charge on any atom is 0.303 e. The molecule has 1 aromatic heterocycles. The van der Waals surface area contributed by atoms with Crippen LogP contribution in [0.5, 0.6) is 0 Å². The molecule has 0 spiro atoms. The van der Waals surface area contributed by atoms with Crippen molar-refractivity contribution in [1.29, 1.82) is 5.41 Å². The molecule has 0 fully saturated rings. The molecule has 0 aliphatic rings. The number of azo groups is 1. The first-order valence-electron chi connectivity index (χ1n) is 40.6. The van der Waals surface area contributed by atoms with Crippen LogP contribution in [0.4, 0.5) is 22.7 Å². The Kier molecular flexibility index (Phi) is 41.5. The van der Waals surface area contributed by atoms with Gasteiger partial charge in [-0.1, -0.05) is 65.8 Å². The second-order valence-corrected chi connectivity index (χ2v) is 32.7. The highest BCUT2D eigenvalue weighted by Gasteiger charge is 2.39. The molecule has 42 nitrogen and oxygen atoms in total. The molecule has 5 aromatic rings. The predicted molar refractivity (Wildman–Crippen MR) is 459 cm³/mol. The zero-order valence-corrected chi connectivity index (χ0v) is 71.7. The molecule has 0 unspecified atom stereocenters. The van der Waals surface area contributed by atoms with Crippen LogP contribution in [0.25, 0.3) is 10.8 Å². The number of aromatic nitrogens is 2. The fraction of sp³-hybridized carbons (Fsp3) is 0.506. The number of amides is 13. The van der Waals surface area contributed by atoms with Gasteiger partial charge in [0.05, 0.1) is 35.9 Å². The number of nitrogens with zero attached hydrogens (tertiary/aromatic N) is 4. The number of nitrogens with two attached hydrogens (primary N) is 4. The minimum atomic E-state index is -4.60. The van der Waals surface area contributed by atoms with Crippen molar-refractivity contribution in [3.05, 3.63) is 109 Å². The van der Waals surface area contributed by atoms with E-state index >= 15 is 0 Å². The lowest BCUT2D eigenvalue weighted by molar-refractivity contribution is -0.139. The van der Waals surface area contributed by atoms with Crippen LogP contribution in [-0.4, -0.2) is 229 Å². The number of nitrogens with one attached hydrogen (secondary N) is 15. The van der Waals surface area contributed by atoms with Crippen molar-refractivity contribution in [1.82, 2.24) is 73.8 Å². The fourth-order valence-electron chi connectivity index (χ4n) is 12.8. The van der Waals surface area contributed by atoms with Crippen molar-refractivity contribution < 1.29 is 90.3 Å². The summed E-state index contributed by atoms with van der Waals surface area (Å²) >= 11 is 0. The Morgan fingerprint density at radius 2 is 0.960 bits per heavy atom. The van der Waals surface area contributed by atoms with E-state index in [1.807, 2.05) is 31.1 Å². The van der Waals surface area contributed by atoms with Gasteiger partial charge in [-0.15, -0.1) is 0 Å². The number of carbonyl (C=O) groups excluding carboxylic acids is 13. The smallest absolute Gasteiger partial charge is 0.303 e. The summed E-state index contributed by atoms with van der Waals surface area (Å²) in [6.45, 7) is 11.6. The standard InChI is InChI=1S/C81H119N23O19S/c1-44(2)37-60(96-70(110)48-21-23-49(24-22-48)102-103-50-25-27-52(28-26-50)104(8)9)75(115)100-64(41-67(84)107)79(119)93-56(17-10-11-33-82)72(112)92-57(19-14-34-90-81(85)86)73(113)97-61(38-45(3)4)76(116)98-62(39-46(5)6)77(117)99-63(40-51-42-87-43-91-51)78(118)94-59(30-32-68(108)109)74(114)101-69(47(7)105)80(120)95-58(29-31-66(83)106)71(111)89-36-35-88-55-18-12-16-54-53(55)15-13-20-65(54)124(121,122)123/h12-13,15-16,18,20-28,42-47,56-64,69,88,105H,10-11,14,17,19,29-41,82H2,1-9H3,(H2,83,106)(H2,84,107)(H,87,91)(H,89,111)(H,92,112)(H,93,119)(H,94,118)(H,95,120)(H,96,110)(H,97,113)(H,98,116)(H,99,117)(H,100,115)(H,101,114)(H,108,109)(H4,85,86,90)(H,121,122,123)/t47-,56+,57+,58+,59+,60+,61+,62+,63+,64+,69+/m1/s1. The van der Waals surface area contributed by atoms with Crippen LogP contribution in [0.3, 0.4) is 0 Å². The average Bonchev–Trinajstić information content (AvgIpc) is 0.796. The van der Waals surface area contributed by atoms with Crippen molar-refractivity contribution in [3.8, 4) is 0 Å². The van der Waals surface area contributed by atoms with E-state index in [0.29, 0.717) is 28.9 Å². The molecule has 124 heavy (non-hydrogen) atoms. The molecule has 0 bridgehead atoms. The number of hydrogen-bond acceptors (Lipinski definition) is 24. The number of primary amides is 2. The lowest BCUT2D eigenvalue weighted by Gasteiger charge is -2.29. The Balaban J connectivity index is 1.34. The fourth-order valence-corrected chi connectivity index (χ4v) is 13.5. The molecule has 11 atom stereocenters. The number of aliphatic hydroxyl groups is 1. The molecular formula is C81H119N23O19S. The first-order valence-corrected chi connectivity index (χ1v) is 42.0. The average molecular weight is 1750 g/mol. The molecule has 43 heteroatoms. The highest BCUT2D eigenvalue weighted by atomic mass is 32.2. The number of carbonyl (C=O) groups is 14. The summed E-state index contributed by atoms with van der Waals surface area (Å²) in [5.41, 5.74) is 25.2. The third-order valence-electron chi connectivity index (χ3n) is 19.2. The molecule has 678 valence electrons. The van der Waals surface area contributed by atoms with Crippen LogP contribution in [-0.2, 0) is 78.9 Å². The van der Waals surface area contributed by atoms with Crippen LogP contribution in [0.15, 0.2) is 113 Å². The summed E-state index contributed by atoms with van der Waals surface area (Å²) in [5.74, 6) is -15.5. The van der Waals surface area contributed by atoms with Gasteiger partial charge in [-0.05, 0) is 156 Å². The van der Waals surface area contributed by atoms with Crippen LogP contribution in [0, 0.1) is 23.2 Å². The molecule has 0 aliphatic heterocycles. The molecule has 4 aromatic carbocycles. The molecule has 0 saturated carbocycles. The molecular weight excluding hydrogens is 1630 g/mol. The molecule has 26 N–H and O–H groups in total. The number of benzene rings is 4. The number of unbranched alkanes of at least 4 members (excludes halogenated alkanes) is 1. The third-order valence-corrected chi connectivity index (χ3v) is 20.1. The van der Waals surface area contributed by atoms with Crippen LogP contribution >= 0.6 is 0 Å². The van der Waals surface area contributed by atoms with Crippen molar-refractivity contribution in [2.45, 2.75) is 210 Å². The Bertz CT molecular complexity index is 4630. The molecule has 1 heterocycles. The molecule has 5 rings (SSSR count). The number of hydrogen-bond donors (Lipinski definition) is 22. The number of imidazole rings is 1. The maximum atomic E-state index is 14.8. The van der Waals surface area contributed by atoms with Gasteiger partial charge >= 0.3 is 5.97 Å². The summed E-state index contributed by atoms with van der Waals surface area (Å²) in [6.07, 6.45) is -2.41. The highest BCUT2D eigenvalue weighted by molar-refractivity contribution is 7.86. The summed E-state index contributed by atoms with van der Waals surface area (Å²) in [4.78, 5) is 204. The monoisotopic (exact) mass is 1750 g/mol. The van der Waals surface area contributed by atoms with E-state index in [2.05, 4.69) is 89.3 Å². The summed E-state index contributed by atoms with van der Waals surface area (Å²) in [6, 6.07) is 6.32. The van der Waals surface area contributed by atoms with Gasteiger partial charge in [0.2, 0.25) is 70.9 Å². The Morgan fingerprint density at radius 3 is 1.46 bits per heavy atom. The molecule has 0 radical (unpaired) electrons. The lowest BCUT2D eigenvalue weighted by atomic mass is 9.99. The number of anilines is 2. The number of aromatic amines is 1. The van der Waals surface area contributed by atoms with Gasteiger partial charge in [-0.25, -0.2) is 4.98 Å². The second-order valence-electron chi connectivity index (χ2n) is 31.3. The lowest BCUT2D eigenvalue weighted by Crippen LogP contribution is -2.62. The molecule has 0 aliphatic carbocycles. The van der Waals surface area contributed by atoms with E-state index in [9.17, 15) is 90.3 Å². The minimum absolute atomic E-state index is 0.00374. The van der Waals surface area contributed by atoms with Gasteiger partial charge < -0.3 is 112 Å². The van der Waals surface area contributed by atoms with Crippen molar-refractivity contribution in [3.63, 3.8) is 0 Å². The largest absolute Gasteiger partial charge is 0.481 e. The Morgan fingerprint density at radius 1 is 0.500 bits per heavy atom. The van der Waals surface area contributed by atoms with E-state index in [-0.39, 0.29) is 117 Å². The van der Waals surface area contributed by atoms with Crippen molar-refractivity contribution in [2.24, 2.45) is 50.9 Å². The van der Waals surface area contributed by atoms with Crippen molar-refractivity contribution >= 4 is 132 Å². The molecule has 13 amide bonds. The molecule has 0 saturated heterocycles. The van der Waals surface area contributed by atoms with Gasteiger partial charge in [0.25, 0.3) is 16.0 Å². The highest BCUT2D eigenvalue weighted by Crippen LogP contribution is 2.29.